The normalized spacial score (nSPS) is 11.1. The van der Waals surface area contributed by atoms with Crippen molar-refractivity contribution in [1.82, 2.24) is 15.0 Å². The highest BCUT2D eigenvalue weighted by molar-refractivity contribution is 7.17. The number of benzene rings is 1. The van der Waals surface area contributed by atoms with E-state index in [1.54, 1.807) is 43.6 Å². The molecule has 7 heteroatoms. The summed E-state index contributed by atoms with van der Waals surface area (Å²) in [7, 11) is 0. The Hall–Kier alpha value is -2.93. The fourth-order valence-electron chi connectivity index (χ4n) is 2.02. The topological polar surface area (TPSA) is 76.0 Å². The number of carboxylic acids is 1. The average molecular weight is 341 g/mol. The van der Waals surface area contributed by atoms with Crippen LogP contribution in [0.2, 0.25) is 0 Å². The highest BCUT2D eigenvalue weighted by Crippen LogP contribution is 2.26. The molecule has 0 saturated carbocycles. The quantitative estimate of drug-likeness (QED) is 0.778. The van der Waals surface area contributed by atoms with Gasteiger partial charge in [-0.3, -0.25) is 4.98 Å². The van der Waals surface area contributed by atoms with E-state index in [1.807, 2.05) is 0 Å². The maximum atomic E-state index is 12.9. The Bertz CT molecular complexity index is 920. The van der Waals surface area contributed by atoms with E-state index >= 15 is 0 Å². The minimum Gasteiger partial charge on any atom is -0.477 e. The van der Waals surface area contributed by atoms with Gasteiger partial charge in [-0.2, -0.15) is 0 Å². The van der Waals surface area contributed by atoms with E-state index in [0.717, 1.165) is 16.9 Å². The number of halogens is 1. The zero-order valence-corrected chi connectivity index (χ0v) is 13.4. The van der Waals surface area contributed by atoms with E-state index in [9.17, 15) is 9.18 Å². The highest BCUT2D eigenvalue weighted by Gasteiger charge is 2.16. The van der Waals surface area contributed by atoms with Gasteiger partial charge in [0.05, 0.1) is 23.8 Å². The molecule has 5 nitrogen and oxygen atoms in total. The smallest absolute Gasteiger partial charge is 0.347 e. The first-order chi connectivity index (χ1) is 11.5. The lowest BCUT2D eigenvalue weighted by atomic mass is 10.2. The van der Waals surface area contributed by atoms with Crippen molar-refractivity contribution in [3.63, 3.8) is 0 Å². The molecule has 0 bridgehead atoms. The molecule has 3 rings (SSSR count). The summed E-state index contributed by atoms with van der Waals surface area (Å²) in [5.41, 5.74) is 2.40. The summed E-state index contributed by atoms with van der Waals surface area (Å²) in [6.45, 7) is 1.65. The first kappa shape index (κ1) is 15.9. The van der Waals surface area contributed by atoms with E-state index in [4.69, 9.17) is 5.11 Å². The Labute approximate surface area is 141 Å². The molecule has 1 N–H and O–H groups in total. The third-order valence-electron chi connectivity index (χ3n) is 3.18. The lowest BCUT2D eigenvalue weighted by molar-refractivity contribution is 0.0701. The van der Waals surface area contributed by atoms with Gasteiger partial charge in [0, 0.05) is 0 Å². The molecule has 2 aromatic heterocycles. The number of carboxylic acid groups (broad SMARTS) is 1. The number of aryl methyl sites for hydroxylation is 1. The van der Waals surface area contributed by atoms with Crippen molar-refractivity contribution in [3.05, 3.63) is 64.3 Å². The van der Waals surface area contributed by atoms with Gasteiger partial charge in [0.15, 0.2) is 0 Å². The zero-order valence-electron chi connectivity index (χ0n) is 12.6. The summed E-state index contributed by atoms with van der Waals surface area (Å²) in [6, 6.07) is 6.08. The summed E-state index contributed by atoms with van der Waals surface area (Å²) in [6.07, 6.45) is 6.67. The largest absolute Gasteiger partial charge is 0.477 e. The van der Waals surface area contributed by atoms with Gasteiger partial charge < -0.3 is 5.11 Å². The van der Waals surface area contributed by atoms with Crippen LogP contribution in [-0.2, 0) is 0 Å². The van der Waals surface area contributed by atoms with Crippen molar-refractivity contribution >= 4 is 29.5 Å². The Balaban J connectivity index is 1.87. The van der Waals surface area contributed by atoms with Crippen molar-refractivity contribution in [3.8, 4) is 10.7 Å². The van der Waals surface area contributed by atoms with Gasteiger partial charge in [-0.25, -0.2) is 19.2 Å². The molecule has 24 heavy (non-hydrogen) atoms. The molecule has 0 aliphatic rings. The standard InChI is InChI=1S/C17H12FN3O2S/c1-10-15(17(22)23)24-16(20-10)14-9-19-8-13(21-14)7-4-11-2-5-12(18)6-3-11/h2-9H,1H3,(H,22,23). The van der Waals surface area contributed by atoms with E-state index in [-0.39, 0.29) is 10.7 Å². The van der Waals surface area contributed by atoms with Gasteiger partial charge in [-0.15, -0.1) is 11.3 Å². The van der Waals surface area contributed by atoms with Gasteiger partial charge >= 0.3 is 5.97 Å². The molecule has 0 amide bonds. The molecule has 0 saturated heterocycles. The van der Waals surface area contributed by atoms with Crippen LogP contribution in [0.1, 0.15) is 26.6 Å². The Morgan fingerprint density at radius 2 is 1.92 bits per heavy atom. The zero-order chi connectivity index (χ0) is 17.1. The Morgan fingerprint density at radius 3 is 2.58 bits per heavy atom. The maximum absolute atomic E-state index is 12.9. The summed E-state index contributed by atoms with van der Waals surface area (Å²) in [5.74, 6) is -1.29. The molecule has 0 atom stereocenters. The second kappa shape index (κ2) is 6.67. The number of thiazole rings is 1. The number of hydrogen-bond donors (Lipinski definition) is 1. The van der Waals surface area contributed by atoms with Crippen LogP contribution in [0.15, 0.2) is 36.7 Å². The van der Waals surface area contributed by atoms with Gasteiger partial charge in [-0.05, 0) is 30.7 Å². The van der Waals surface area contributed by atoms with Gasteiger partial charge in [0.1, 0.15) is 21.4 Å². The SMILES string of the molecule is Cc1nc(-c2cncc(C=Cc3ccc(F)cc3)n2)sc1C(=O)O. The molecule has 0 fully saturated rings. The summed E-state index contributed by atoms with van der Waals surface area (Å²) in [4.78, 5) is 24.1. The van der Waals surface area contributed by atoms with Crippen LogP contribution in [-0.4, -0.2) is 26.0 Å². The van der Waals surface area contributed by atoms with Crippen LogP contribution in [0.3, 0.4) is 0 Å². The van der Waals surface area contributed by atoms with Crippen LogP contribution in [0.4, 0.5) is 4.39 Å². The van der Waals surface area contributed by atoms with Gasteiger partial charge in [0.25, 0.3) is 0 Å². The van der Waals surface area contributed by atoms with Crippen LogP contribution < -0.4 is 0 Å². The molecule has 0 aliphatic carbocycles. The highest BCUT2D eigenvalue weighted by atomic mass is 32.1. The first-order valence-corrected chi connectivity index (χ1v) is 7.81. The Morgan fingerprint density at radius 1 is 1.17 bits per heavy atom. The van der Waals surface area contributed by atoms with Gasteiger partial charge in [-0.1, -0.05) is 18.2 Å². The molecular weight excluding hydrogens is 329 g/mol. The monoisotopic (exact) mass is 341 g/mol. The fourth-order valence-corrected chi connectivity index (χ4v) is 2.88. The Kier molecular flexibility index (Phi) is 4.43. The average Bonchev–Trinajstić information content (AvgIpc) is 2.97. The summed E-state index contributed by atoms with van der Waals surface area (Å²) < 4.78 is 12.9. The fraction of sp³-hybridized carbons (Fsp3) is 0.0588. The molecule has 0 spiro atoms. The van der Waals surface area contributed by atoms with Crippen LogP contribution in [0, 0.1) is 12.7 Å². The first-order valence-electron chi connectivity index (χ1n) is 7.00. The number of carbonyl (C=O) groups is 1. The van der Waals surface area contributed by atoms with Crippen molar-refractivity contribution in [1.29, 1.82) is 0 Å². The van der Waals surface area contributed by atoms with Crippen LogP contribution in [0.5, 0.6) is 0 Å². The molecule has 2 heterocycles. The number of aromatic carboxylic acids is 1. The number of rotatable bonds is 4. The van der Waals surface area contributed by atoms with E-state index < -0.39 is 5.97 Å². The molecule has 0 unspecified atom stereocenters. The van der Waals surface area contributed by atoms with E-state index in [1.165, 1.54) is 12.1 Å². The molecule has 0 radical (unpaired) electrons. The van der Waals surface area contributed by atoms with Crippen molar-refractivity contribution in [2.24, 2.45) is 0 Å². The molecule has 0 aliphatic heterocycles. The lowest BCUT2D eigenvalue weighted by Gasteiger charge is -1.97. The lowest BCUT2D eigenvalue weighted by Crippen LogP contribution is -1.94. The van der Waals surface area contributed by atoms with Gasteiger partial charge in [0.2, 0.25) is 0 Å². The van der Waals surface area contributed by atoms with E-state index in [0.29, 0.717) is 22.1 Å². The second-order valence-electron chi connectivity index (χ2n) is 4.95. The van der Waals surface area contributed by atoms with Crippen molar-refractivity contribution in [2.75, 3.05) is 0 Å². The summed E-state index contributed by atoms with van der Waals surface area (Å²) >= 11 is 1.07. The third kappa shape index (κ3) is 3.52. The number of nitrogens with zero attached hydrogens (tertiary/aromatic N) is 3. The van der Waals surface area contributed by atoms with Crippen LogP contribution in [0.25, 0.3) is 22.9 Å². The molecule has 3 aromatic rings. The molecule has 120 valence electrons. The number of aromatic nitrogens is 3. The van der Waals surface area contributed by atoms with Crippen LogP contribution >= 0.6 is 11.3 Å². The minimum absolute atomic E-state index is 0.194. The maximum Gasteiger partial charge on any atom is 0.347 e. The molecular formula is C17H12FN3O2S. The minimum atomic E-state index is -1.00. The van der Waals surface area contributed by atoms with Crippen molar-refractivity contribution in [2.45, 2.75) is 6.92 Å². The second-order valence-corrected chi connectivity index (χ2v) is 5.95. The number of hydrogen-bond acceptors (Lipinski definition) is 5. The predicted molar refractivity (Wildman–Crippen MR) is 90.2 cm³/mol. The van der Waals surface area contributed by atoms with E-state index in [2.05, 4.69) is 15.0 Å². The van der Waals surface area contributed by atoms with Crippen molar-refractivity contribution < 1.29 is 14.3 Å². The third-order valence-corrected chi connectivity index (χ3v) is 4.35. The predicted octanol–water partition coefficient (Wildman–Crippen LogP) is 3.92. The summed E-state index contributed by atoms with van der Waals surface area (Å²) in [5, 5.41) is 9.62. The molecule has 1 aromatic carbocycles.